The molecule has 2 heterocycles. The van der Waals surface area contributed by atoms with Crippen LogP contribution in [-0.2, 0) is 0 Å². The SMILES string of the molecule is O=C(NC[C@H]1CCCNC1)c1cnccn1. The highest BCUT2D eigenvalue weighted by molar-refractivity contribution is 5.91. The molecule has 16 heavy (non-hydrogen) atoms. The van der Waals surface area contributed by atoms with Gasteiger partial charge in [0, 0.05) is 18.9 Å². The number of amides is 1. The number of carbonyl (C=O) groups excluding carboxylic acids is 1. The van der Waals surface area contributed by atoms with Crippen molar-refractivity contribution in [3.05, 3.63) is 24.3 Å². The number of hydrogen-bond acceptors (Lipinski definition) is 4. The number of aromatic nitrogens is 2. The number of piperidine rings is 1. The van der Waals surface area contributed by atoms with Gasteiger partial charge in [-0.1, -0.05) is 0 Å². The highest BCUT2D eigenvalue weighted by Gasteiger charge is 2.14. The van der Waals surface area contributed by atoms with E-state index < -0.39 is 0 Å². The van der Waals surface area contributed by atoms with E-state index in [1.165, 1.54) is 25.2 Å². The number of nitrogens with one attached hydrogen (secondary N) is 2. The molecule has 2 N–H and O–H groups in total. The van der Waals surface area contributed by atoms with E-state index in [0.29, 0.717) is 18.2 Å². The molecule has 5 nitrogen and oxygen atoms in total. The molecule has 0 aromatic carbocycles. The molecule has 0 bridgehead atoms. The van der Waals surface area contributed by atoms with Crippen molar-refractivity contribution in [3.8, 4) is 0 Å². The molecule has 1 aromatic rings. The summed E-state index contributed by atoms with van der Waals surface area (Å²) in [6.45, 7) is 2.79. The third kappa shape index (κ3) is 3.00. The van der Waals surface area contributed by atoms with Gasteiger partial charge in [0.05, 0.1) is 6.20 Å². The normalized spacial score (nSPS) is 20.4. The molecule has 0 aliphatic carbocycles. The van der Waals surface area contributed by atoms with Crippen LogP contribution in [0.3, 0.4) is 0 Å². The minimum Gasteiger partial charge on any atom is -0.350 e. The Morgan fingerprint density at radius 1 is 1.56 bits per heavy atom. The van der Waals surface area contributed by atoms with Gasteiger partial charge in [-0.05, 0) is 31.8 Å². The van der Waals surface area contributed by atoms with Crippen LogP contribution in [0.1, 0.15) is 23.3 Å². The highest BCUT2D eigenvalue weighted by atomic mass is 16.1. The molecule has 0 spiro atoms. The van der Waals surface area contributed by atoms with Crippen LogP contribution in [0, 0.1) is 5.92 Å². The second-order valence-corrected chi connectivity index (χ2v) is 4.01. The predicted octanol–water partition coefficient (Wildman–Crippen LogP) is 0.206. The molecule has 1 aliphatic rings. The van der Waals surface area contributed by atoms with Crippen LogP contribution in [0.15, 0.2) is 18.6 Å². The first-order chi connectivity index (χ1) is 7.86. The third-order valence-electron chi connectivity index (χ3n) is 2.75. The van der Waals surface area contributed by atoms with Crippen molar-refractivity contribution in [2.45, 2.75) is 12.8 Å². The Hall–Kier alpha value is -1.49. The Morgan fingerprint density at radius 3 is 3.19 bits per heavy atom. The third-order valence-corrected chi connectivity index (χ3v) is 2.75. The van der Waals surface area contributed by atoms with Gasteiger partial charge in [-0.2, -0.15) is 0 Å². The number of carbonyl (C=O) groups is 1. The molecule has 1 aliphatic heterocycles. The molecule has 1 amide bonds. The van der Waals surface area contributed by atoms with Crippen LogP contribution < -0.4 is 10.6 Å². The quantitative estimate of drug-likeness (QED) is 0.764. The minimum atomic E-state index is -0.140. The summed E-state index contributed by atoms with van der Waals surface area (Å²) in [7, 11) is 0. The molecular weight excluding hydrogens is 204 g/mol. The predicted molar refractivity (Wildman–Crippen MR) is 60.0 cm³/mol. The summed E-state index contributed by atoms with van der Waals surface area (Å²) in [6, 6.07) is 0. The monoisotopic (exact) mass is 220 g/mol. The fraction of sp³-hybridized carbons (Fsp3) is 0.545. The van der Waals surface area contributed by atoms with Crippen molar-refractivity contribution in [3.63, 3.8) is 0 Å². The van der Waals surface area contributed by atoms with E-state index in [9.17, 15) is 4.79 Å². The van der Waals surface area contributed by atoms with Gasteiger partial charge in [-0.3, -0.25) is 9.78 Å². The first-order valence-electron chi connectivity index (χ1n) is 5.61. The van der Waals surface area contributed by atoms with Gasteiger partial charge in [-0.15, -0.1) is 0 Å². The molecule has 1 aromatic heterocycles. The lowest BCUT2D eigenvalue weighted by Crippen LogP contribution is -2.38. The van der Waals surface area contributed by atoms with Crippen LogP contribution in [0.4, 0.5) is 0 Å². The van der Waals surface area contributed by atoms with Gasteiger partial charge in [0.1, 0.15) is 5.69 Å². The second kappa shape index (κ2) is 5.55. The second-order valence-electron chi connectivity index (χ2n) is 4.01. The molecule has 0 unspecified atom stereocenters. The van der Waals surface area contributed by atoms with Crippen LogP contribution in [-0.4, -0.2) is 35.5 Å². The van der Waals surface area contributed by atoms with Crippen molar-refractivity contribution < 1.29 is 4.79 Å². The lowest BCUT2D eigenvalue weighted by atomic mass is 10.00. The van der Waals surface area contributed by atoms with E-state index in [1.807, 2.05) is 0 Å². The number of hydrogen-bond donors (Lipinski definition) is 2. The van der Waals surface area contributed by atoms with Crippen LogP contribution >= 0.6 is 0 Å². The maximum atomic E-state index is 11.7. The van der Waals surface area contributed by atoms with Gasteiger partial charge in [0.2, 0.25) is 0 Å². The van der Waals surface area contributed by atoms with E-state index in [1.54, 1.807) is 6.20 Å². The minimum absolute atomic E-state index is 0.140. The molecule has 1 atom stereocenters. The van der Waals surface area contributed by atoms with E-state index in [0.717, 1.165) is 13.1 Å². The number of rotatable bonds is 3. The average molecular weight is 220 g/mol. The van der Waals surface area contributed by atoms with Crippen LogP contribution in [0.2, 0.25) is 0 Å². The van der Waals surface area contributed by atoms with Crippen molar-refractivity contribution in [1.29, 1.82) is 0 Å². The molecule has 5 heteroatoms. The molecule has 0 radical (unpaired) electrons. The largest absolute Gasteiger partial charge is 0.350 e. The van der Waals surface area contributed by atoms with Gasteiger partial charge < -0.3 is 10.6 Å². The Balaban J connectivity index is 1.79. The number of nitrogens with zero attached hydrogens (tertiary/aromatic N) is 2. The maximum absolute atomic E-state index is 11.7. The molecule has 86 valence electrons. The summed E-state index contributed by atoms with van der Waals surface area (Å²) in [4.78, 5) is 19.5. The van der Waals surface area contributed by atoms with E-state index in [-0.39, 0.29) is 5.91 Å². The van der Waals surface area contributed by atoms with Gasteiger partial charge in [0.15, 0.2) is 0 Å². The van der Waals surface area contributed by atoms with Crippen molar-refractivity contribution in [1.82, 2.24) is 20.6 Å². The van der Waals surface area contributed by atoms with E-state index >= 15 is 0 Å². The molecule has 0 saturated carbocycles. The summed E-state index contributed by atoms with van der Waals surface area (Å²) < 4.78 is 0. The smallest absolute Gasteiger partial charge is 0.271 e. The van der Waals surface area contributed by atoms with E-state index in [2.05, 4.69) is 20.6 Å². The Morgan fingerprint density at radius 2 is 2.50 bits per heavy atom. The fourth-order valence-electron chi connectivity index (χ4n) is 1.84. The van der Waals surface area contributed by atoms with E-state index in [4.69, 9.17) is 0 Å². The Kier molecular flexibility index (Phi) is 3.82. The topological polar surface area (TPSA) is 66.9 Å². The Bertz CT molecular complexity index is 335. The van der Waals surface area contributed by atoms with Gasteiger partial charge in [-0.25, -0.2) is 4.98 Å². The van der Waals surface area contributed by atoms with Gasteiger partial charge >= 0.3 is 0 Å². The van der Waals surface area contributed by atoms with Crippen molar-refractivity contribution in [2.75, 3.05) is 19.6 Å². The first-order valence-corrected chi connectivity index (χ1v) is 5.61. The lowest BCUT2D eigenvalue weighted by Gasteiger charge is -2.22. The molecule has 1 fully saturated rings. The summed E-state index contributed by atoms with van der Waals surface area (Å²) in [5.41, 5.74) is 0.381. The maximum Gasteiger partial charge on any atom is 0.271 e. The van der Waals surface area contributed by atoms with Crippen molar-refractivity contribution in [2.24, 2.45) is 5.92 Å². The average Bonchev–Trinajstić information content (AvgIpc) is 2.38. The van der Waals surface area contributed by atoms with Crippen LogP contribution in [0.25, 0.3) is 0 Å². The lowest BCUT2D eigenvalue weighted by molar-refractivity contribution is 0.0939. The summed E-state index contributed by atoms with van der Waals surface area (Å²) >= 11 is 0. The fourth-order valence-corrected chi connectivity index (χ4v) is 1.84. The highest BCUT2D eigenvalue weighted by Crippen LogP contribution is 2.08. The molecule has 2 rings (SSSR count). The summed E-state index contributed by atoms with van der Waals surface area (Å²) in [6.07, 6.45) is 6.92. The standard InChI is InChI=1S/C11H16N4O/c16-11(10-8-13-4-5-14-10)15-7-9-2-1-3-12-6-9/h4-5,8-9,12H,1-3,6-7H2,(H,15,16)/t9-/m0/s1. The van der Waals surface area contributed by atoms with Crippen LogP contribution in [0.5, 0.6) is 0 Å². The Labute approximate surface area is 94.7 Å². The first kappa shape index (κ1) is 11.0. The summed E-state index contributed by atoms with van der Waals surface area (Å²) in [5, 5.41) is 6.21. The molecule has 1 saturated heterocycles. The zero-order valence-electron chi connectivity index (χ0n) is 9.15. The zero-order chi connectivity index (χ0) is 11.2. The molecular formula is C11H16N4O. The summed E-state index contributed by atoms with van der Waals surface area (Å²) in [5.74, 6) is 0.396. The zero-order valence-corrected chi connectivity index (χ0v) is 9.15. The van der Waals surface area contributed by atoms with Crippen molar-refractivity contribution >= 4 is 5.91 Å². The van der Waals surface area contributed by atoms with Gasteiger partial charge in [0.25, 0.3) is 5.91 Å².